The first-order valence-corrected chi connectivity index (χ1v) is 9.05. The Balaban J connectivity index is 1.78. The Hall–Kier alpha value is -3.26. The van der Waals surface area contributed by atoms with Crippen molar-refractivity contribution in [1.29, 1.82) is 0 Å². The van der Waals surface area contributed by atoms with Gasteiger partial charge in [-0.2, -0.15) is 5.10 Å². The lowest BCUT2D eigenvalue weighted by Gasteiger charge is -2.31. The molecule has 0 unspecified atom stereocenters. The van der Waals surface area contributed by atoms with E-state index in [4.69, 9.17) is 25.8 Å². The molecule has 2 aromatic rings. The van der Waals surface area contributed by atoms with E-state index in [1.807, 2.05) is 0 Å². The molecule has 3 rings (SSSR count). The maximum absolute atomic E-state index is 12.5. The fourth-order valence-electron chi connectivity index (χ4n) is 2.88. The second kappa shape index (κ2) is 8.83. The summed E-state index contributed by atoms with van der Waals surface area (Å²) < 4.78 is 15.9. The predicted octanol–water partition coefficient (Wildman–Crippen LogP) is 2.58. The number of hydrogen-bond donors (Lipinski definition) is 0. The minimum absolute atomic E-state index is 0.104. The van der Waals surface area contributed by atoms with Crippen LogP contribution in [0.5, 0.6) is 17.2 Å². The molecule has 0 bridgehead atoms. The molecule has 0 N–H and O–H groups in total. The molecular weight excluding hydrogens is 398 g/mol. The van der Waals surface area contributed by atoms with Crippen LogP contribution < -0.4 is 19.1 Å². The van der Waals surface area contributed by atoms with Gasteiger partial charge in [0.2, 0.25) is 11.7 Å². The molecule has 0 spiro atoms. The third-order valence-corrected chi connectivity index (χ3v) is 4.59. The molecule has 152 valence electrons. The summed E-state index contributed by atoms with van der Waals surface area (Å²) in [6, 6.07) is 10.1. The molecule has 1 aliphatic rings. The first kappa shape index (κ1) is 20.5. The van der Waals surface area contributed by atoms with Crippen molar-refractivity contribution in [2.45, 2.75) is 0 Å². The second-order valence-corrected chi connectivity index (χ2v) is 6.55. The Bertz CT molecular complexity index is 921. The van der Waals surface area contributed by atoms with Gasteiger partial charge < -0.3 is 19.1 Å². The molecule has 1 saturated heterocycles. The summed E-state index contributed by atoms with van der Waals surface area (Å²) in [6.07, 6.45) is 1.47. The number of nitrogens with zero attached hydrogens (tertiary/aromatic N) is 3. The highest BCUT2D eigenvalue weighted by atomic mass is 35.5. The van der Waals surface area contributed by atoms with Gasteiger partial charge in [0, 0.05) is 16.3 Å². The molecule has 0 aromatic heterocycles. The third kappa shape index (κ3) is 4.43. The van der Waals surface area contributed by atoms with E-state index in [0.29, 0.717) is 33.5 Å². The lowest BCUT2D eigenvalue weighted by molar-refractivity contribution is -0.138. The Morgan fingerprint density at radius 2 is 1.55 bits per heavy atom. The molecule has 2 aromatic carbocycles. The Morgan fingerprint density at radius 3 is 2.10 bits per heavy atom. The van der Waals surface area contributed by atoms with Crippen molar-refractivity contribution in [3.05, 3.63) is 47.0 Å². The molecule has 0 saturated carbocycles. The van der Waals surface area contributed by atoms with E-state index < -0.39 is 0 Å². The first-order valence-electron chi connectivity index (χ1n) is 8.67. The highest BCUT2D eigenvalue weighted by molar-refractivity contribution is 6.30. The van der Waals surface area contributed by atoms with Crippen LogP contribution in [0.3, 0.4) is 0 Å². The van der Waals surface area contributed by atoms with Gasteiger partial charge in [0.15, 0.2) is 11.5 Å². The Kier molecular flexibility index (Phi) is 6.23. The molecule has 2 amide bonds. The molecule has 1 heterocycles. The minimum Gasteiger partial charge on any atom is -0.493 e. The zero-order chi connectivity index (χ0) is 21.0. The highest BCUT2D eigenvalue weighted by Gasteiger charge is 2.30. The fraction of sp³-hybridized carbons (Fsp3) is 0.250. The van der Waals surface area contributed by atoms with Crippen molar-refractivity contribution in [2.75, 3.05) is 39.3 Å². The van der Waals surface area contributed by atoms with Crippen LogP contribution >= 0.6 is 11.6 Å². The van der Waals surface area contributed by atoms with Crippen LogP contribution in [-0.2, 0) is 9.59 Å². The van der Waals surface area contributed by atoms with Crippen molar-refractivity contribution >= 4 is 35.3 Å². The molecule has 9 heteroatoms. The van der Waals surface area contributed by atoms with Crippen molar-refractivity contribution in [1.82, 2.24) is 5.01 Å². The second-order valence-electron chi connectivity index (χ2n) is 6.11. The average Bonchev–Trinajstić information content (AvgIpc) is 2.73. The summed E-state index contributed by atoms with van der Waals surface area (Å²) in [7, 11) is 4.53. The zero-order valence-electron chi connectivity index (χ0n) is 16.2. The van der Waals surface area contributed by atoms with Gasteiger partial charge in [-0.15, -0.1) is 0 Å². The standard InChI is InChI=1S/C20H20ClN3O5/c1-27-16-8-13(9-17(28-2)20(16)29-3)10-22-24-12-18(25)23(11-19(24)26)15-6-4-14(21)5-7-15/h4-10H,11-12H2,1-3H3. The number of rotatable bonds is 6. The average molecular weight is 418 g/mol. The van der Waals surface area contributed by atoms with E-state index in [2.05, 4.69) is 5.10 Å². The number of carbonyl (C=O) groups excluding carboxylic acids is 2. The van der Waals surface area contributed by atoms with Crippen LogP contribution in [0.1, 0.15) is 5.56 Å². The summed E-state index contributed by atoms with van der Waals surface area (Å²) in [5, 5.41) is 5.87. The van der Waals surface area contributed by atoms with E-state index in [1.165, 1.54) is 32.4 Å². The Labute approximate surface area is 173 Å². The summed E-state index contributed by atoms with van der Waals surface area (Å²) in [5.74, 6) is 0.832. The quantitative estimate of drug-likeness (QED) is 0.675. The smallest absolute Gasteiger partial charge is 0.263 e. The van der Waals surface area contributed by atoms with E-state index in [9.17, 15) is 9.59 Å². The summed E-state index contributed by atoms with van der Waals surface area (Å²) in [6.45, 7) is -0.268. The van der Waals surface area contributed by atoms with E-state index in [0.717, 1.165) is 5.01 Å². The van der Waals surface area contributed by atoms with Crippen LogP contribution in [0.15, 0.2) is 41.5 Å². The molecule has 0 radical (unpaired) electrons. The van der Waals surface area contributed by atoms with Crippen LogP contribution in [-0.4, -0.2) is 57.5 Å². The molecule has 0 aliphatic carbocycles. The van der Waals surface area contributed by atoms with E-state index in [-0.39, 0.29) is 24.9 Å². The minimum atomic E-state index is -0.303. The van der Waals surface area contributed by atoms with E-state index >= 15 is 0 Å². The monoisotopic (exact) mass is 417 g/mol. The maximum Gasteiger partial charge on any atom is 0.263 e. The summed E-state index contributed by atoms with van der Waals surface area (Å²) in [4.78, 5) is 26.4. The van der Waals surface area contributed by atoms with Crippen LogP contribution in [0.25, 0.3) is 0 Å². The van der Waals surface area contributed by atoms with Crippen molar-refractivity contribution in [2.24, 2.45) is 5.10 Å². The number of hydrogen-bond acceptors (Lipinski definition) is 6. The maximum atomic E-state index is 12.5. The molecule has 8 nitrogen and oxygen atoms in total. The van der Waals surface area contributed by atoms with Crippen molar-refractivity contribution in [3.63, 3.8) is 0 Å². The first-order chi connectivity index (χ1) is 14.0. The number of benzene rings is 2. The van der Waals surface area contributed by atoms with Gasteiger partial charge in [-0.1, -0.05) is 11.6 Å². The normalized spacial score (nSPS) is 14.5. The topological polar surface area (TPSA) is 80.7 Å². The third-order valence-electron chi connectivity index (χ3n) is 4.34. The van der Waals surface area contributed by atoms with Crippen molar-refractivity contribution < 1.29 is 23.8 Å². The van der Waals surface area contributed by atoms with Gasteiger partial charge >= 0.3 is 0 Å². The SMILES string of the molecule is COc1cc(C=NN2CC(=O)N(c3ccc(Cl)cc3)CC2=O)cc(OC)c1OC. The fourth-order valence-corrected chi connectivity index (χ4v) is 3.01. The van der Waals surface area contributed by atoms with Gasteiger partial charge in [0.1, 0.15) is 13.1 Å². The number of amides is 2. The van der Waals surface area contributed by atoms with Gasteiger partial charge in [0.25, 0.3) is 5.91 Å². The highest BCUT2D eigenvalue weighted by Crippen LogP contribution is 2.37. The number of piperazine rings is 1. The largest absolute Gasteiger partial charge is 0.493 e. The Morgan fingerprint density at radius 1 is 0.931 bits per heavy atom. The number of carbonyl (C=O) groups is 2. The van der Waals surface area contributed by atoms with Crippen LogP contribution in [0.2, 0.25) is 5.02 Å². The number of methoxy groups -OCH3 is 3. The summed E-state index contributed by atoms with van der Waals surface area (Å²) >= 11 is 5.88. The van der Waals surface area contributed by atoms with E-state index in [1.54, 1.807) is 36.4 Å². The number of ether oxygens (including phenoxy) is 3. The lowest BCUT2D eigenvalue weighted by atomic mass is 10.2. The zero-order valence-corrected chi connectivity index (χ0v) is 17.0. The van der Waals surface area contributed by atoms with Gasteiger partial charge in [-0.25, -0.2) is 5.01 Å². The van der Waals surface area contributed by atoms with Crippen LogP contribution in [0.4, 0.5) is 5.69 Å². The number of halogens is 1. The molecular formula is C20H20ClN3O5. The van der Waals surface area contributed by atoms with Crippen molar-refractivity contribution in [3.8, 4) is 17.2 Å². The molecule has 1 aliphatic heterocycles. The predicted molar refractivity (Wildman–Crippen MR) is 109 cm³/mol. The van der Waals surface area contributed by atoms with Gasteiger partial charge in [0.05, 0.1) is 27.5 Å². The van der Waals surface area contributed by atoms with Crippen LogP contribution in [0, 0.1) is 0 Å². The molecule has 29 heavy (non-hydrogen) atoms. The summed E-state index contributed by atoms with van der Waals surface area (Å²) in [5.41, 5.74) is 1.24. The molecule has 1 fully saturated rings. The van der Waals surface area contributed by atoms with Gasteiger partial charge in [-0.3, -0.25) is 9.59 Å². The van der Waals surface area contributed by atoms with Gasteiger partial charge in [-0.05, 0) is 36.4 Å². The molecule has 0 atom stereocenters. The lowest BCUT2D eigenvalue weighted by Crippen LogP contribution is -2.52. The number of anilines is 1. The number of hydrazone groups is 1.